The van der Waals surface area contributed by atoms with Crippen molar-refractivity contribution in [1.82, 2.24) is 5.16 Å². The molecule has 1 heterocycles. The lowest BCUT2D eigenvalue weighted by Gasteiger charge is -1.96. The molecule has 0 fully saturated rings. The highest BCUT2D eigenvalue weighted by Crippen LogP contribution is 2.28. The van der Waals surface area contributed by atoms with Gasteiger partial charge in [-0.1, -0.05) is 40.5 Å². The van der Waals surface area contributed by atoms with Crippen LogP contribution in [0.1, 0.15) is 0 Å². The summed E-state index contributed by atoms with van der Waals surface area (Å²) < 4.78 is 4.96. The molecule has 4 heteroatoms. The lowest BCUT2D eigenvalue weighted by atomic mass is 10.2. The highest BCUT2D eigenvalue weighted by molar-refractivity contribution is 6.33. The number of aromatic nitrogens is 1. The van der Waals surface area contributed by atoms with E-state index in [4.69, 9.17) is 27.7 Å². The van der Waals surface area contributed by atoms with Crippen LogP contribution in [-0.4, -0.2) is 5.16 Å². The third-order valence-corrected chi connectivity index (χ3v) is 2.13. The molecule has 0 saturated carbocycles. The van der Waals surface area contributed by atoms with Gasteiger partial charge in [0.05, 0.1) is 5.02 Å². The summed E-state index contributed by atoms with van der Waals surface area (Å²) >= 11 is 11.6. The second-order valence-electron chi connectivity index (χ2n) is 2.49. The zero-order chi connectivity index (χ0) is 9.26. The molecule has 66 valence electrons. The summed E-state index contributed by atoms with van der Waals surface area (Å²) in [6.45, 7) is 0. The molecule has 1 aromatic carbocycles. The minimum absolute atomic E-state index is 0.329. The third-order valence-electron chi connectivity index (χ3n) is 1.62. The molecular weight excluding hydrogens is 209 g/mol. The van der Waals surface area contributed by atoms with Gasteiger partial charge in [0.15, 0.2) is 10.9 Å². The number of benzene rings is 1. The van der Waals surface area contributed by atoms with E-state index in [1.165, 1.54) is 0 Å². The van der Waals surface area contributed by atoms with Crippen molar-refractivity contribution in [1.29, 1.82) is 0 Å². The molecule has 1 aromatic heterocycles. The van der Waals surface area contributed by atoms with Crippen LogP contribution in [0.5, 0.6) is 0 Å². The molecule has 0 spiro atoms. The molecule has 0 aliphatic heterocycles. The summed E-state index contributed by atoms with van der Waals surface area (Å²) in [4.78, 5) is 0. The monoisotopic (exact) mass is 213 g/mol. The molecule has 2 nitrogen and oxygen atoms in total. The van der Waals surface area contributed by atoms with Crippen LogP contribution in [0.2, 0.25) is 10.2 Å². The van der Waals surface area contributed by atoms with Crippen molar-refractivity contribution in [3.8, 4) is 11.3 Å². The Hall–Kier alpha value is -0.990. The fourth-order valence-corrected chi connectivity index (χ4v) is 1.40. The Balaban J connectivity index is 2.52. The van der Waals surface area contributed by atoms with Crippen molar-refractivity contribution in [3.05, 3.63) is 40.5 Å². The van der Waals surface area contributed by atoms with E-state index in [-0.39, 0.29) is 0 Å². The molecule has 2 rings (SSSR count). The Bertz CT molecular complexity index is 425. The molecule has 2 aromatic rings. The lowest BCUT2D eigenvalue weighted by molar-refractivity contribution is 0.432. The Morgan fingerprint density at radius 1 is 1.15 bits per heavy atom. The zero-order valence-corrected chi connectivity index (χ0v) is 8.01. The maximum atomic E-state index is 5.94. The van der Waals surface area contributed by atoms with Gasteiger partial charge in [0, 0.05) is 11.6 Å². The Morgan fingerprint density at radius 2 is 1.92 bits per heavy atom. The molecule has 0 saturated heterocycles. The molecule has 13 heavy (non-hydrogen) atoms. The third kappa shape index (κ3) is 1.69. The van der Waals surface area contributed by atoms with Gasteiger partial charge in [-0.15, -0.1) is 0 Å². The summed E-state index contributed by atoms with van der Waals surface area (Å²) in [5.41, 5.74) is 0.795. The average Bonchev–Trinajstić information content (AvgIpc) is 2.53. The number of hydrogen-bond acceptors (Lipinski definition) is 2. The first-order valence-electron chi connectivity index (χ1n) is 3.64. The van der Waals surface area contributed by atoms with Gasteiger partial charge in [-0.25, -0.2) is 0 Å². The highest BCUT2D eigenvalue weighted by atomic mass is 35.5. The number of nitrogens with zero attached hydrogens (tertiary/aromatic N) is 1. The van der Waals surface area contributed by atoms with E-state index in [1.54, 1.807) is 12.1 Å². The predicted octanol–water partition coefficient (Wildman–Crippen LogP) is 3.65. The first-order chi connectivity index (χ1) is 6.27. The van der Waals surface area contributed by atoms with Crippen LogP contribution in [0.4, 0.5) is 0 Å². The minimum atomic E-state index is 0.329. The molecule has 0 atom stereocenters. The van der Waals surface area contributed by atoms with E-state index in [1.807, 2.05) is 18.2 Å². The second-order valence-corrected chi connectivity index (χ2v) is 3.29. The van der Waals surface area contributed by atoms with Crippen molar-refractivity contribution in [2.75, 3.05) is 0 Å². The van der Waals surface area contributed by atoms with Crippen LogP contribution >= 0.6 is 23.2 Å². The standard InChI is InChI=1S/C9H5Cl2NO/c10-7-4-2-1-3-6(7)8-5-9(11)12-13-8/h1-5H. The first-order valence-corrected chi connectivity index (χ1v) is 4.40. The van der Waals surface area contributed by atoms with Crippen molar-refractivity contribution >= 4 is 23.2 Å². The molecule has 0 aliphatic rings. The Labute approximate surface area is 85.1 Å². The van der Waals surface area contributed by atoms with Crippen LogP contribution in [0.3, 0.4) is 0 Å². The predicted molar refractivity (Wildman–Crippen MR) is 52.0 cm³/mol. The summed E-state index contributed by atoms with van der Waals surface area (Å²) in [6.07, 6.45) is 0. The molecule has 0 N–H and O–H groups in total. The SMILES string of the molecule is Clc1cc(-c2ccccc2Cl)on1. The van der Waals surface area contributed by atoms with Crippen LogP contribution in [0.25, 0.3) is 11.3 Å². The average molecular weight is 214 g/mol. The molecular formula is C9H5Cl2NO. The van der Waals surface area contributed by atoms with Gasteiger partial charge in [-0.2, -0.15) is 0 Å². The topological polar surface area (TPSA) is 26.0 Å². The van der Waals surface area contributed by atoms with Crippen molar-refractivity contribution in [2.45, 2.75) is 0 Å². The molecule has 0 radical (unpaired) electrons. The van der Waals surface area contributed by atoms with Gasteiger partial charge in [0.2, 0.25) is 0 Å². The summed E-state index contributed by atoms with van der Waals surface area (Å²) in [5.74, 6) is 0.579. The van der Waals surface area contributed by atoms with Crippen molar-refractivity contribution in [3.63, 3.8) is 0 Å². The van der Waals surface area contributed by atoms with Gasteiger partial charge in [-0.05, 0) is 12.1 Å². The Kier molecular flexibility index (Phi) is 2.25. The maximum Gasteiger partial charge on any atom is 0.172 e. The van der Waals surface area contributed by atoms with Crippen molar-refractivity contribution in [2.24, 2.45) is 0 Å². The normalized spacial score (nSPS) is 10.3. The van der Waals surface area contributed by atoms with E-state index in [9.17, 15) is 0 Å². The quantitative estimate of drug-likeness (QED) is 0.723. The zero-order valence-electron chi connectivity index (χ0n) is 6.50. The van der Waals surface area contributed by atoms with Crippen LogP contribution in [0.15, 0.2) is 34.9 Å². The van der Waals surface area contributed by atoms with E-state index >= 15 is 0 Å². The van der Waals surface area contributed by atoms with E-state index < -0.39 is 0 Å². The first kappa shape index (κ1) is 8.60. The fourth-order valence-electron chi connectivity index (χ4n) is 1.04. The number of halogens is 2. The summed E-state index contributed by atoms with van der Waals surface area (Å²) in [7, 11) is 0. The molecule has 0 bridgehead atoms. The van der Waals surface area contributed by atoms with Gasteiger partial charge in [-0.3, -0.25) is 0 Å². The lowest BCUT2D eigenvalue weighted by Crippen LogP contribution is -1.74. The second kappa shape index (κ2) is 3.40. The van der Waals surface area contributed by atoms with Crippen LogP contribution in [-0.2, 0) is 0 Å². The van der Waals surface area contributed by atoms with E-state index in [0.717, 1.165) is 5.56 Å². The number of rotatable bonds is 1. The molecule has 0 amide bonds. The molecule has 0 unspecified atom stereocenters. The molecule has 0 aliphatic carbocycles. The smallest absolute Gasteiger partial charge is 0.172 e. The van der Waals surface area contributed by atoms with Gasteiger partial charge >= 0.3 is 0 Å². The summed E-state index contributed by atoms with van der Waals surface area (Å²) in [5, 5.41) is 4.52. The van der Waals surface area contributed by atoms with Gasteiger partial charge in [0.1, 0.15) is 0 Å². The summed E-state index contributed by atoms with van der Waals surface area (Å²) in [6, 6.07) is 8.98. The van der Waals surface area contributed by atoms with Crippen LogP contribution in [0, 0.1) is 0 Å². The van der Waals surface area contributed by atoms with E-state index in [0.29, 0.717) is 15.9 Å². The highest BCUT2D eigenvalue weighted by Gasteiger charge is 2.07. The Morgan fingerprint density at radius 3 is 2.54 bits per heavy atom. The van der Waals surface area contributed by atoms with Gasteiger partial charge in [0.25, 0.3) is 0 Å². The largest absolute Gasteiger partial charge is 0.355 e. The van der Waals surface area contributed by atoms with Crippen LogP contribution < -0.4 is 0 Å². The van der Waals surface area contributed by atoms with E-state index in [2.05, 4.69) is 5.16 Å². The van der Waals surface area contributed by atoms with Gasteiger partial charge < -0.3 is 4.52 Å². The minimum Gasteiger partial charge on any atom is -0.355 e. The van der Waals surface area contributed by atoms with Crippen molar-refractivity contribution < 1.29 is 4.52 Å². The maximum absolute atomic E-state index is 5.94. The fraction of sp³-hybridized carbons (Fsp3) is 0. The number of hydrogen-bond donors (Lipinski definition) is 0.